The molecule has 2 amide bonds. The molecular weight excluding hydrogens is 342 g/mol. The van der Waals surface area contributed by atoms with Gasteiger partial charge in [-0.3, -0.25) is 19.4 Å². The Kier molecular flexibility index (Phi) is 4.85. The van der Waals surface area contributed by atoms with Crippen LogP contribution < -0.4 is 4.90 Å². The number of carbonyl (C=O) groups is 2. The van der Waals surface area contributed by atoms with Crippen molar-refractivity contribution in [2.45, 2.75) is 13.3 Å². The third-order valence-corrected chi connectivity index (χ3v) is 5.21. The Morgan fingerprint density at radius 2 is 1.52 bits per heavy atom. The van der Waals surface area contributed by atoms with E-state index in [-0.39, 0.29) is 11.8 Å². The standard InChI is InChI=1S/C20H23N5O2/c1-15-7-8-18(22-21-15)24-13-11-23(12-14-24)9-4-10-25-19(26)16-5-2-3-6-17(16)20(25)27/h2-3,5-8H,4,9-14H2,1H3. The average Bonchev–Trinajstić information content (AvgIpc) is 2.94. The summed E-state index contributed by atoms with van der Waals surface area (Å²) in [7, 11) is 0. The number of hydrogen-bond donors (Lipinski definition) is 0. The summed E-state index contributed by atoms with van der Waals surface area (Å²) >= 11 is 0. The maximum atomic E-state index is 12.4. The molecule has 0 atom stereocenters. The lowest BCUT2D eigenvalue weighted by atomic mass is 10.1. The van der Waals surface area contributed by atoms with Gasteiger partial charge in [0, 0.05) is 32.7 Å². The molecule has 1 aromatic carbocycles. The van der Waals surface area contributed by atoms with Crippen LogP contribution in [-0.4, -0.2) is 71.1 Å². The van der Waals surface area contributed by atoms with Gasteiger partial charge in [0.05, 0.1) is 16.8 Å². The highest BCUT2D eigenvalue weighted by molar-refractivity contribution is 6.21. The number of hydrogen-bond acceptors (Lipinski definition) is 6. The number of fused-ring (bicyclic) bond motifs is 1. The molecule has 0 bridgehead atoms. The van der Waals surface area contributed by atoms with Crippen molar-refractivity contribution in [1.29, 1.82) is 0 Å². The number of rotatable bonds is 5. The van der Waals surface area contributed by atoms with Crippen LogP contribution in [0.2, 0.25) is 0 Å². The van der Waals surface area contributed by atoms with Gasteiger partial charge in [-0.1, -0.05) is 12.1 Å². The highest BCUT2D eigenvalue weighted by Crippen LogP contribution is 2.22. The summed E-state index contributed by atoms with van der Waals surface area (Å²) in [6, 6.07) is 11.0. The van der Waals surface area contributed by atoms with Gasteiger partial charge in [0.25, 0.3) is 11.8 Å². The second-order valence-corrected chi connectivity index (χ2v) is 7.02. The zero-order valence-electron chi connectivity index (χ0n) is 15.5. The smallest absolute Gasteiger partial charge is 0.261 e. The Morgan fingerprint density at radius 1 is 0.852 bits per heavy atom. The monoisotopic (exact) mass is 365 g/mol. The summed E-state index contributed by atoms with van der Waals surface area (Å²) in [5, 5.41) is 8.38. The normalized spacial score (nSPS) is 17.5. The lowest BCUT2D eigenvalue weighted by Crippen LogP contribution is -2.47. The van der Waals surface area contributed by atoms with Gasteiger partial charge in [-0.2, -0.15) is 5.10 Å². The number of amides is 2. The Balaban J connectivity index is 1.25. The topological polar surface area (TPSA) is 69.6 Å². The van der Waals surface area contributed by atoms with Crippen LogP contribution in [0, 0.1) is 6.92 Å². The van der Waals surface area contributed by atoms with Crippen molar-refractivity contribution in [3.05, 3.63) is 53.2 Å². The Bertz CT molecular complexity index is 809. The molecule has 2 aliphatic rings. The third-order valence-electron chi connectivity index (χ3n) is 5.21. The van der Waals surface area contributed by atoms with Crippen LogP contribution in [0.3, 0.4) is 0 Å². The molecule has 1 saturated heterocycles. The van der Waals surface area contributed by atoms with Gasteiger partial charge in [0.15, 0.2) is 5.82 Å². The van der Waals surface area contributed by atoms with Gasteiger partial charge in [0.1, 0.15) is 0 Å². The van der Waals surface area contributed by atoms with E-state index in [0.717, 1.165) is 50.7 Å². The van der Waals surface area contributed by atoms with Gasteiger partial charge in [-0.15, -0.1) is 5.10 Å². The third kappa shape index (κ3) is 3.55. The maximum absolute atomic E-state index is 12.4. The lowest BCUT2D eigenvalue weighted by Gasteiger charge is -2.35. The molecule has 0 unspecified atom stereocenters. The lowest BCUT2D eigenvalue weighted by molar-refractivity contribution is 0.0647. The molecule has 4 rings (SSSR count). The quantitative estimate of drug-likeness (QED) is 0.750. The van der Waals surface area contributed by atoms with E-state index in [1.807, 2.05) is 19.1 Å². The number of piperazine rings is 1. The molecule has 0 saturated carbocycles. The van der Waals surface area contributed by atoms with E-state index in [9.17, 15) is 9.59 Å². The van der Waals surface area contributed by atoms with E-state index in [2.05, 4.69) is 20.0 Å². The Hall–Kier alpha value is -2.80. The van der Waals surface area contributed by atoms with Gasteiger partial charge >= 0.3 is 0 Å². The van der Waals surface area contributed by atoms with Gasteiger partial charge in [-0.25, -0.2) is 0 Å². The number of imide groups is 1. The van der Waals surface area contributed by atoms with Crippen molar-refractivity contribution in [3.8, 4) is 0 Å². The predicted molar refractivity (Wildman–Crippen MR) is 102 cm³/mol. The second-order valence-electron chi connectivity index (χ2n) is 7.02. The number of nitrogens with zero attached hydrogens (tertiary/aromatic N) is 5. The minimum Gasteiger partial charge on any atom is -0.353 e. The zero-order valence-corrected chi connectivity index (χ0v) is 15.5. The van der Waals surface area contributed by atoms with Gasteiger partial charge in [-0.05, 0) is 44.2 Å². The molecule has 0 N–H and O–H groups in total. The summed E-state index contributed by atoms with van der Waals surface area (Å²) < 4.78 is 0. The summed E-state index contributed by atoms with van der Waals surface area (Å²) in [6.07, 6.45) is 0.788. The SMILES string of the molecule is Cc1ccc(N2CCN(CCCN3C(=O)c4ccccc4C3=O)CC2)nn1. The molecule has 7 heteroatoms. The molecule has 7 nitrogen and oxygen atoms in total. The fourth-order valence-corrected chi connectivity index (χ4v) is 3.66. The number of anilines is 1. The van der Waals surface area contributed by atoms with Crippen LogP contribution in [0.1, 0.15) is 32.8 Å². The van der Waals surface area contributed by atoms with Crippen LogP contribution in [0.4, 0.5) is 5.82 Å². The van der Waals surface area contributed by atoms with Gasteiger partial charge in [0.2, 0.25) is 0 Å². The van der Waals surface area contributed by atoms with Crippen molar-refractivity contribution in [2.24, 2.45) is 0 Å². The van der Waals surface area contributed by atoms with E-state index < -0.39 is 0 Å². The van der Waals surface area contributed by atoms with Crippen LogP contribution >= 0.6 is 0 Å². The molecular formula is C20H23N5O2. The van der Waals surface area contributed by atoms with Gasteiger partial charge < -0.3 is 4.90 Å². The maximum Gasteiger partial charge on any atom is 0.261 e. The number of benzene rings is 1. The van der Waals surface area contributed by atoms with E-state index >= 15 is 0 Å². The zero-order chi connectivity index (χ0) is 18.8. The summed E-state index contributed by atoms with van der Waals surface area (Å²) in [6.45, 7) is 6.98. The number of carbonyl (C=O) groups excluding carboxylic acids is 2. The van der Waals surface area contributed by atoms with E-state index in [0.29, 0.717) is 17.7 Å². The van der Waals surface area contributed by atoms with Crippen molar-refractivity contribution in [2.75, 3.05) is 44.2 Å². The minimum absolute atomic E-state index is 0.168. The molecule has 1 aromatic heterocycles. The average molecular weight is 365 g/mol. The van der Waals surface area contributed by atoms with Crippen molar-refractivity contribution >= 4 is 17.6 Å². The first-order chi connectivity index (χ1) is 13.1. The summed E-state index contributed by atoms with van der Waals surface area (Å²) in [5.74, 6) is 0.586. The highest BCUT2D eigenvalue weighted by Gasteiger charge is 2.34. The predicted octanol–water partition coefficient (Wildman–Crippen LogP) is 1.59. The minimum atomic E-state index is -0.168. The first-order valence-electron chi connectivity index (χ1n) is 9.36. The van der Waals surface area contributed by atoms with Crippen LogP contribution in [0.15, 0.2) is 36.4 Å². The number of aryl methyl sites for hydroxylation is 1. The van der Waals surface area contributed by atoms with Crippen LogP contribution in [0.25, 0.3) is 0 Å². The first-order valence-corrected chi connectivity index (χ1v) is 9.36. The molecule has 0 radical (unpaired) electrons. The second kappa shape index (κ2) is 7.44. The Labute approximate surface area is 158 Å². The van der Waals surface area contributed by atoms with Crippen LogP contribution in [-0.2, 0) is 0 Å². The molecule has 0 spiro atoms. The van der Waals surface area contributed by atoms with Crippen molar-refractivity contribution < 1.29 is 9.59 Å². The first kappa shape index (κ1) is 17.6. The van der Waals surface area contributed by atoms with E-state index in [1.54, 1.807) is 24.3 Å². The van der Waals surface area contributed by atoms with E-state index in [1.165, 1.54) is 4.90 Å². The molecule has 2 aliphatic heterocycles. The highest BCUT2D eigenvalue weighted by atomic mass is 16.2. The molecule has 140 valence electrons. The molecule has 3 heterocycles. The van der Waals surface area contributed by atoms with Crippen molar-refractivity contribution in [3.63, 3.8) is 0 Å². The molecule has 0 aliphatic carbocycles. The van der Waals surface area contributed by atoms with E-state index in [4.69, 9.17) is 0 Å². The Morgan fingerprint density at radius 3 is 2.11 bits per heavy atom. The number of aromatic nitrogens is 2. The van der Waals surface area contributed by atoms with Crippen LogP contribution in [0.5, 0.6) is 0 Å². The molecule has 27 heavy (non-hydrogen) atoms. The fraction of sp³-hybridized carbons (Fsp3) is 0.400. The fourth-order valence-electron chi connectivity index (χ4n) is 3.66. The van der Waals surface area contributed by atoms with Crippen molar-refractivity contribution in [1.82, 2.24) is 20.0 Å². The molecule has 2 aromatic rings. The molecule has 1 fully saturated rings. The summed E-state index contributed by atoms with van der Waals surface area (Å²) in [4.78, 5) is 30.8. The largest absolute Gasteiger partial charge is 0.353 e. The summed E-state index contributed by atoms with van der Waals surface area (Å²) in [5.41, 5.74) is 1.97.